The zero-order valence-electron chi connectivity index (χ0n) is 12.7. The van der Waals surface area contributed by atoms with Crippen LogP contribution < -0.4 is 10.5 Å². The molecule has 1 amide bonds. The van der Waals surface area contributed by atoms with Gasteiger partial charge in [0.1, 0.15) is 39.6 Å². The highest BCUT2D eigenvalue weighted by Crippen LogP contribution is 2.56. The van der Waals surface area contributed by atoms with E-state index in [1.54, 1.807) is 0 Å². The minimum atomic E-state index is -1.63. The number of aliphatic hydroxyl groups is 1. The van der Waals surface area contributed by atoms with Crippen molar-refractivity contribution < 1.29 is 38.7 Å². The number of ether oxygens (including phenoxy) is 1. The lowest BCUT2D eigenvalue weighted by Gasteiger charge is -2.27. The molecule has 0 saturated heterocycles. The van der Waals surface area contributed by atoms with Crippen LogP contribution >= 0.6 is 0 Å². The van der Waals surface area contributed by atoms with E-state index >= 15 is 0 Å². The molecule has 2 aliphatic rings. The Kier molecular flexibility index (Phi) is 2.99. The van der Waals surface area contributed by atoms with Gasteiger partial charge in [0.2, 0.25) is 0 Å². The fourth-order valence-electron chi connectivity index (χ4n) is 3.09. The predicted molar refractivity (Wildman–Crippen MR) is 86.0 cm³/mol. The Bertz CT molecular complexity index is 923. The van der Waals surface area contributed by atoms with Crippen molar-refractivity contribution in [3.8, 4) is 17.2 Å². The van der Waals surface area contributed by atoms with Crippen molar-refractivity contribution in [3.05, 3.63) is 40.4 Å². The standard InChI is InChI=1S/C16H13NO7.3H2/c1-5(18)10-7(20)4-9-16(2,14(10)22)12-8(21)3-6(19)11(15(17)23)13(12)24-9;;;/h3-4,19-21H,1-2H3,(H2,17,23);3*1H/t16-;;;/m1.../s1. The van der Waals surface area contributed by atoms with Gasteiger partial charge in [0, 0.05) is 16.4 Å². The zero-order valence-corrected chi connectivity index (χ0v) is 12.7. The molecule has 24 heavy (non-hydrogen) atoms. The van der Waals surface area contributed by atoms with Crippen LogP contribution in [-0.2, 0) is 15.0 Å². The van der Waals surface area contributed by atoms with Gasteiger partial charge < -0.3 is 25.8 Å². The largest absolute Gasteiger partial charge is 0.507 e. The van der Waals surface area contributed by atoms with Crippen LogP contribution in [0.4, 0.5) is 0 Å². The highest BCUT2D eigenvalue weighted by atomic mass is 16.5. The van der Waals surface area contributed by atoms with Crippen molar-refractivity contribution in [2.75, 3.05) is 0 Å². The smallest absolute Gasteiger partial charge is 0.256 e. The molecule has 1 aliphatic carbocycles. The van der Waals surface area contributed by atoms with E-state index in [0.717, 1.165) is 19.1 Å². The van der Waals surface area contributed by atoms with E-state index in [0.29, 0.717) is 0 Å². The van der Waals surface area contributed by atoms with Crippen LogP contribution in [0.1, 0.15) is 34.0 Å². The minimum absolute atomic E-state index is 0. The van der Waals surface area contributed by atoms with Crippen LogP contribution in [0.3, 0.4) is 0 Å². The van der Waals surface area contributed by atoms with Crippen molar-refractivity contribution in [2.45, 2.75) is 19.3 Å². The van der Waals surface area contributed by atoms with E-state index in [2.05, 4.69) is 0 Å². The molecule has 130 valence electrons. The number of hydrogen-bond donors (Lipinski definition) is 4. The second-order valence-electron chi connectivity index (χ2n) is 5.74. The van der Waals surface area contributed by atoms with Gasteiger partial charge in [-0.2, -0.15) is 0 Å². The van der Waals surface area contributed by atoms with Crippen LogP contribution in [0.2, 0.25) is 0 Å². The van der Waals surface area contributed by atoms with Gasteiger partial charge in [-0.15, -0.1) is 0 Å². The van der Waals surface area contributed by atoms with E-state index in [-0.39, 0.29) is 21.4 Å². The number of carbonyl (C=O) groups is 3. The molecule has 1 aromatic rings. The summed E-state index contributed by atoms with van der Waals surface area (Å²) in [5.74, 6) is -4.53. The molecular weight excluding hydrogens is 318 g/mol. The Morgan fingerprint density at radius 3 is 2.42 bits per heavy atom. The second kappa shape index (κ2) is 4.60. The van der Waals surface area contributed by atoms with Gasteiger partial charge in [-0.25, -0.2) is 0 Å². The molecule has 0 saturated carbocycles. The molecule has 0 spiro atoms. The number of rotatable bonds is 2. The highest BCUT2D eigenvalue weighted by molar-refractivity contribution is 6.25. The lowest BCUT2D eigenvalue weighted by molar-refractivity contribution is -0.123. The number of aliphatic hydroxyl groups excluding tert-OH is 1. The molecule has 1 aromatic carbocycles. The molecule has 5 N–H and O–H groups in total. The average molecular weight is 337 g/mol. The summed E-state index contributed by atoms with van der Waals surface area (Å²) < 4.78 is 5.45. The maximum absolute atomic E-state index is 12.8. The molecule has 1 heterocycles. The first kappa shape index (κ1) is 15.6. The fraction of sp³-hybridized carbons (Fsp3) is 0.188. The first-order valence-corrected chi connectivity index (χ1v) is 6.88. The van der Waals surface area contributed by atoms with Gasteiger partial charge in [0.25, 0.3) is 5.91 Å². The monoisotopic (exact) mass is 337 g/mol. The number of amides is 1. The third kappa shape index (κ3) is 1.70. The predicted octanol–water partition coefficient (Wildman–Crippen LogP) is 1.45. The van der Waals surface area contributed by atoms with E-state index in [1.165, 1.54) is 6.92 Å². The summed E-state index contributed by atoms with van der Waals surface area (Å²) in [6, 6.07) is 0.870. The van der Waals surface area contributed by atoms with E-state index in [4.69, 9.17) is 10.5 Å². The molecule has 1 atom stereocenters. The van der Waals surface area contributed by atoms with E-state index < -0.39 is 51.3 Å². The van der Waals surface area contributed by atoms with Crippen molar-refractivity contribution in [3.63, 3.8) is 0 Å². The Hall–Kier alpha value is -3.29. The average Bonchev–Trinajstić information content (AvgIpc) is 2.72. The number of aromatic hydroxyl groups is 2. The topological polar surface area (TPSA) is 147 Å². The number of nitrogens with two attached hydrogens (primary N) is 1. The highest BCUT2D eigenvalue weighted by Gasteiger charge is 2.55. The van der Waals surface area contributed by atoms with Gasteiger partial charge in [0.15, 0.2) is 17.3 Å². The van der Waals surface area contributed by atoms with Crippen molar-refractivity contribution in [1.29, 1.82) is 0 Å². The quantitative estimate of drug-likeness (QED) is 0.597. The van der Waals surface area contributed by atoms with Crippen LogP contribution in [0.15, 0.2) is 29.2 Å². The van der Waals surface area contributed by atoms with Crippen molar-refractivity contribution in [1.82, 2.24) is 0 Å². The summed E-state index contributed by atoms with van der Waals surface area (Å²) in [7, 11) is 0. The number of benzene rings is 1. The van der Waals surface area contributed by atoms with E-state index in [1.807, 2.05) is 0 Å². The summed E-state index contributed by atoms with van der Waals surface area (Å²) in [5, 5.41) is 30.0. The molecule has 8 nitrogen and oxygen atoms in total. The first-order chi connectivity index (χ1) is 11.1. The third-order valence-corrected chi connectivity index (χ3v) is 4.25. The SMILES string of the molecule is CC(=O)C1=C(O)C=C2Oc3c(C(N)=O)c(O)cc(O)c3[C@]2(C)C1=O.[HH].[HH].[HH]. The number of phenolic OH excluding ortho intramolecular Hbond substituents is 1. The summed E-state index contributed by atoms with van der Waals surface area (Å²) in [6.07, 6.45) is 1.07. The van der Waals surface area contributed by atoms with Gasteiger partial charge >= 0.3 is 0 Å². The zero-order chi connectivity index (χ0) is 18.0. The lowest BCUT2D eigenvalue weighted by atomic mass is 9.71. The van der Waals surface area contributed by atoms with Crippen LogP contribution in [-0.4, -0.2) is 32.8 Å². The number of hydrogen-bond acceptors (Lipinski definition) is 7. The normalized spacial score (nSPS) is 21.8. The molecular formula is C16H19NO7. The second-order valence-corrected chi connectivity index (χ2v) is 5.74. The summed E-state index contributed by atoms with van der Waals surface area (Å²) in [4.78, 5) is 36.1. The maximum Gasteiger partial charge on any atom is 0.256 e. The number of allylic oxidation sites excluding steroid dienone is 3. The molecule has 0 unspecified atom stereocenters. The van der Waals surface area contributed by atoms with Gasteiger partial charge in [-0.3, -0.25) is 14.4 Å². The summed E-state index contributed by atoms with van der Waals surface area (Å²) >= 11 is 0. The van der Waals surface area contributed by atoms with Gasteiger partial charge in [-0.1, -0.05) is 0 Å². The van der Waals surface area contributed by atoms with Crippen LogP contribution in [0.5, 0.6) is 17.2 Å². The summed E-state index contributed by atoms with van der Waals surface area (Å²) in [6.45, 7) is 2.50. The van der Waals surface area contributed by atoms with E-state index in [9.17, 15) is 29.7 Å². The molecule has 1 aliphatic heterocycles. The Balaban J connectivity index is 0.00000225. The minimum Gasteiger partial charge on any atom is -0.507 e. The van der Waals surface area contributed by atoms with Crippen molar-refractivity contribution >= 4 is 17.5 Å². The summed E-state index contributed by atoms with van der Waals surface area (Å²) in [5.41, 5.74) is 2.65. The first-order valence-electron chi connectivity index (χ1n) is 6.88. The van der Waals surface area contributed by atoms with Crippen LogP contribution in [0.25, 0.3) is 0 Å². The number of Topliss-reactive ketones (excluding diaryl/α,β-unsaturated/α-hetero) is 2. The van der Waals surface area contributed by atoms with Gasteiger partial charge in [-0.05, 0) is 13.8 Å². The molecule has 3 rings (SSSR count). The molecule has 8 heteroatoms. The fourth-order valence-corrected chi connectivity index (χ4v) is 3.09. The maximum atomic E-state index is 12.8. The third-order valence-electron chi connectivity index (χ3n) is 4.25. The number of primary amides is 1. The number of phenols is 2. The molecule has 0 aromatic heterocycles. The molecule has 0 fully saturated rings. The number of fused-ring (bicyclic) bond motifs is 3. The Morgan fingerprint density at radius 2 is 1.88 bits per heavy atom. The van der Waals surface area contributed by atoms with Crippen molar-refractivity contribution in [2.24, 2.45) is 5.73 Å². The number of carbonyl (C=O) groups excluding carboxylic acids is 3. The Morgan fingerprint density at radius 1 is 1.25 bits per heavy atom. The lowest BCUT2D eigenvalue weighted by Crippen LogP contribution is -2.38. The number of ketones is 2. The van der Waals surface area contributed by atoms with Crippen LogP contribution in [0, 0.1) is 0 Å². The Labute approximate surface area is 139 Å². The molecule has 0 bridgehead atoms. The van der Waals surface area contributed by atoms with Gasteiger partial charge in [0.05, 0.1) is 5.56 Å². The molecule has 0 radical (unpaired) electrons.